The number of likely N-dealkylation sites (tertiary alicyclic amines) is 1. The number of benzene rings is 1. The molecule has 9 heteroatoms. The number of fused-ring (bicyclic) bond motifs is 2. The van der Waals surface area contributed by atoms with Crippen LogP contribution in [0.2, 0.25) is 0 Å². The third-order valence-corrected chi connectivity index (χ3v) is 5.90. The van der Waals surface area contributed by atoms with Crippen LogP contribution in [0.3, 0.4) is 0 Å². The summed E-state index contributed by atoms with van der Waals surface area (Å²) in [5.74, 6) is 0.527. The van der Waals surface area contributed by atoms with E-state index in [0.717, 1.165) is 49.2 Å². The molecule has 2 heterocycles. The van der Waals surface area contributed by atoms with Gasteiger partial charge in [-0.2, -0.15) is 13.2 Å². The number of ether oxygens (including phenoxy) is 3. The summed E-state index contributed by atoms with van der Waals surface area (Å²) in [5, 5.41) is 0. The average molecular weight is 453 g/mol. The Hall–Kier alpha value is -2.73. The lowest BCUT2D eigenvalue weighted by molar-refractivity contribution is -0.201. The zero-order chi connectivity index (χ0) is 23.2. The molecule has 1 fully saturated rings. The molecule has 0 amide bonds. The van der Waals surface area contributed by atoms with Gasteiger partial charge in [0.15, 0.2) is 0 Å². The summed E-state index contributed by atoms with van der Waals surface area (Å²) in [6.45, 7) is 2.72. The number of nitrogens with zero attached hydrogens (tertiary/aromatic N) is 1. The van der Waals surface area contributed by atoms with Crippen molar-refractivity contribution in [1.29, 1.82) is 0 Å². The highest BCUT2D eigenvalue weighted by molar-refractivity contribution is 5.88. The van der Waals surface area contributed by atoms with Gasteiger partial charge < -0.3 is 19.1 Å². The van der Waals surface area contributed by atoms with Gasteiger partial charge in [0.05, 0.1) is 19.6 Å². The topological polar surface area (TPSA) is 65.1 Å². The minimum Gasteiger partial charge on any atom is -0.493 e. The lowest BCUT2D eigenvalue weighted by Gasteiger charge is -2.38. The van der Waals surface area contributed by atoms with Gasteiger partial charge in [0.25, 0.3) is 0 Å². The summed E-state index contributed by atoms with van der Waals surface area (Å²) in [5.41, 5.74) is 1.01. The third-order valence-electron chi connectivity index (χ3n) is 5.90. The molecule has 0 unspecified atom stereocenters. The van der Waals surface area contributed by atoms with Crippen LogP contribution in [0.15, 0.2) is 18.2 Å². The number of carbonyl (C=O) groups is 2. The fraction of sp³-hybridized carbons (Fsp3) is 0.565. The van der Waals surface area contributed by atoms with Gasteiger partial charge in [0, 0.05) is 30.0 Å². The second-order valence-electron chi connectivity index (χ2n) is 8.09. The summed E-state index contributed by atoms with van der Waals surface area (Å²) >= 11 is 0. The Balaban J connectivity index is 1.46. The van der Waals surface area contributed by atoms with E-state index in [2.05, 4.69) is 10.7 Å². The van der Waals surface area contributed by atoms with E-state index in [9.17, 15) is 22.8 Å². The van der Waals surface area contributed by atoms with Crippen LogP contribution in [0.1, 0.15) is 44.1 Å². The molecule has 0 N–H and O–H groups in total. The molecule has 0 radical (unpaired) electrons. The van der Waals surface area contributed by atoms with E-state index in [1.54, 1.807) is 0 Å². The zero-order valence-corrected chi connectivity index (χ0v) is 17.7. The lowest BCUT2D eigenvalue weighted by Crippen LogP contribution is -2.44. The molecule has 6 nitrogen and oxygen atoms in total. The number of rotatable bonds is 8. The molecule has 0 atom stereocenters. The number of halogens is 3. The van der Waals surface area contributed by atoms with Gasteiger partial charge in [0.2, 0.25) is 0 Å². The number of hydrogen-bond donors (Lipinski definition) is 0. The van der Waals surface area contributed by atoms with Crippen LogP contribution in [0.25, 0.3) is 0 Å². The van der Waals surface area contributed by atoms with Gasteiger partial charge in [-0.05, 0) is 44.8 Å². The predicted molar refractivity (Wildman–Crippen MR) is 109 cm³/mol. The molecule has 1 spiro atoms. The highest BCUT2D eigenvalue weighted by Crippen LogP contribution is 2.46. The summed E-state index contributed by atoms with van der Waals surface area (Å²) in [7, 11) is 0. The first-order chi connectivity index (χ1) is 15.2. The van der Waals surface area contributed by atoms with E-state index >= 15 is 0 Å². The Kier molecular flexibility index (Phi) is 7.67. The molecular formula is C23H26F3NO5. The minimum atomic E-state index is -5.17. The number of piperidine rings is 1. The monoisotopic (exact) mass is 453 g/mol. The molecule has 2 aliphatic rings. The van der Waals surface area contributed by atoms with E-state index in [0.29, 0.717) is 26.3 Å². The van der Waals surface area contributed by atoms with E-state index < -0.39 is 18.1 Å². The van der Waals surface area contributed by atoms with Gasteiger partial charge in [-0.1, -0.05) is 6.07 Å². The molecule has 1 aromatic carbocycles. The van der Waals surface area contributed by atoms with Crippen LogP contribution in [0.4, 0.5) is 13.2 Å². The summed E-state index contributed by atoms with van der Waals surface area (Å²) < 4.78 is 52.0. The Labute approximate surface area is 185 Å². The maximum Gasteiger partial charge on any atom is 0.491 e. The van der Waals surface area contributed by atoms with Gasteiger partial charge in [0.1, 0.15) is 11.5 Å². The van der Waals surface area contributed by atoms with Gasteiger partial charge in [-0.25, -0.2) is 4.79 Å². The van der Waals surface area contributed by atoms with Crippen LogP contribution < -0.4 is 9.47 Å². The van der Waals surface area contributed by atoms with Crippen molar-refractivity contribution >= 4 is 11.9 Å². The molecule has 3 rings (SSSR count). The Morgan fingerprint density at radius 3 is 2.66 bits per heavy atom. The number of unbranched alkanes of at least 4 members (excludes halogenated alkanes) is 2. The van der Waals surface area contributed by atoms with Crippen molar-refractivity contribution < 1.29 is 37.0 Å². The number of esters is 2. The van der Waals surface area contributed by atoms with Gasteiger partial charge in [-0.15, -0.1) is 12.3 Å². The first-order valence-electron chi connectivity index (χ1n) is 10.6. The van der Waals surface area contributed by atoms with Gasteiger partial charge >= 0.3 is 18.1 Å². The Morgan fingerprint density at radius 1 is 1.22 bits per heavy atom. The highest BCUT2D eigenvalue weighted by Gasteiger charge is 2.44. The summed E-state index contributed by atoms with van der Waals surface area (Å²) in [6, 6.07) is 5.89. The molecule has 2 aliphatic heterocycles. The second kappa shape index (κ2) is 10.3. The molecule has 0 aromatic heterocycles. The second-order valence-corrected chi connectivity index (χ2v) is 8.09. The smallest absolute Gasteiger partial charge is 0.491 e. The molecular weight excluding hydrogens is 427 g/mol. The summed E-state index contributed by atoms with van der Waals surface area (Å²) in [6.07, 6.45) is 3.94. The standard InChI is InChI=1S/C23H26F3NO5/c1-2-3-4-5-14-30-17-6-7-18-19(15-17)31-16-22(18)9-12-27(13-10-22)11-8-20(28)32-21(29)23(24,25)26/h1,6-7,15H,3-5,8-14,16H2. The van der Waals surface area contributed by atoms with E-state index in [-0.39, 0.29) is 18.4 Å². The average Bonchev–Trinajstić information content (AvgIpc) is 3.10. The Morgan fingerprint density at radius 2 is 1.97 bits per heavy atom. The molecule has 32 heavy (non-hydrogen) atoms. The van der Waals surface area contributed by atoms with Crippen molar-refractivity contribution in [3.8, 4) is 23.8 Å². The zero-order valence-electron chi connectivity index (χ0n) is 17.7. The Bertz CT molecular complexity index is 869. The quantitative estimate of drug-likeness (QED) is 0.259. The number of hydrogen-bond acceptors (Lipinski definition) is 6. The third kappa shape index (κ3) is 5.94. The minimum absolute atomic E-state index is 0.121. The highest BCUT2D eigenvalue weighted by atomic mass is 19.4. The fourth-order valence-corrected chi connectivity index (χ4v) is 4.04. The first-order valence-corrected chi connectivity index (χ1v) is 10.6. The van der Waals surface area contributed by atoms with Crippen molar-refractivity contribution in [2.45, 2.75) is 50.1 Å². The van der Waals surface area contributed by atoms with Crippen molar-refractivity contribution in [1.82, 2.24) is 4.90 Å². The first kappa shape index (κ1) is 23.9. The fourth-order valence-electron chi connectivity index (χ4n) is 4.04. The van der Waals surface area contributed by atoms with E-state index in [4.69, 9.17) is 15.9 Å². The van der Waals surface area contributed by atoms with Crippen molar-refractivity contribution in [3.05, 3.63) is 23.8 Å². The molecule has 174 valence electrons. The van der Waals surface area contributed by atoms with E-state index in [1.165, 1.54) is 0 Å². The van der Waals surface area contributed by atoms with Crippen molar-refractivity contribution in [2.24, 2.45) is 0 Å². The molecule has 0 aliphatic carbocycles. The molecule has 1 saturated heterocycles. The van der Waals surface area contributed by atoms with Crippen molar-refractivity contribution in [2.75, 3.05) is 32.8 Å². The van der Waals surface area contributed by atoms with Crippen LogP contribution in [0.5, 0.6) is 11.5 Å². The largest absolute Gasteiger partial charge is 0.493 e. The van der Waals surface area contributed by atoms with Crippen LogP contribution in [-0.4, -0.2) is 55.9 Å². The predicted octanol–water partition coefficient (Wildman–Crippen LogP) is 3.62. The maximum atomic E-state index is 12.2. The number of carbonyl (C=O) groups excluding carboxylic acids is 2. The van der Waals surface area contributed by atoms with Gasteiger partial charge in [-0.3, -0.25) is 4.79 Å². The maximum absolute atomic E-state index is 12.2. The normalized spacial score (nSPS) is 17.3. The van der Waals surface area contributed by atoms with Crippen LogP contribution >= 0.6 is 0 Å². The van der Waals surface area contributed by atoms with Crippen LogP contribution in [-0.2, 0) is 19.7 Å². The number of alkyl halides is 3. The summed E-state index contributed by atoms with van der Waals surface area (Å²) in [4.78, 5) is 24.2. The van der Waals surface area contributed by atoms with Crippen molar-refractivity contribution in [3.63, 3.8) is 0 Å². The molecule has 0 bridgehead atoms. The van der Waals surface area contributed by atoms with Crippen LogP contribution in [0, 0.1) is 12.3 Å². The van der Waals surface area contributed by atoms with E-state index in [1.807, 2.05) is 23.1 Å². The number of terminal acetylenes is 1. The lowest BCUT2D eigenvalue weighted by atomic mass is 9.74. The molecule has 0 saturated carbocycles. The SMILES string of the molecule is C#CCCCCOc1ccc2c(c1)OCC21CCN(CCC(=O)OC(=O)C(F)(F)F)CC1. The molecule has 1 aromatic rings.